The van der Waals surface area contributed by atoms with Crippen molar-refractivity contribution in [2.45, 2.75) is 16.7 Å². The van der Waals surface area contributed by atoms with Crippen LogP contribution in [-0.2, 0) is 14.8 Å². The molecule has 1 amide bonds. The number of hydrazone groups is 1. The lowest BCUT2D eigenvalue weighted by atomic mass is 10.2. The molecule has 0 saturated heterocycles. The number of sulfonamides is 1. The molecule has 3 aromatic carbocycles. The van der Waals surface area contributed by atoms with E-state index in [4.69, 9.17) is 9.47 Å². The number of rotatable bonds is 11. The van der Waals surface area contributed by atoms with Crippen molar-refractivity contribution < 1.29 is 27.8 Å². The van der Waals surface area contributed by atoms with Gasteiger partial charge in [0.05, 0.1) is 30.5 Å². The maximum atomic E-state index is 13.5. The summed E-state index contributed by atoms with van der Waals surface area (Å²) in [5.74, 6) is 0.169. The van der Waals surface area contributed by atoms with Gasteiger partial charge in [0.2, 0.25) is 0 Å². The number of anilines is 1. The smallest absolute Gasteiger partial charge is 0.264 e. The lowest BCUT2D eigenvalue weighted by Crippen LogP contribution is -2.39. The number of hydrogen-bond acceptors (Lipinski definition) is 8. The molecule has 0 spiro atoms. The predicted octanol–water partition coefficient (Wildman–Crippen LogP) is 3.87. The molecule has 0 atom stereocenters. The van der Waals surface area contributed by atoms with Crippen LogP contribution in [0.2, 0.25) is 0 Å². The first-order valence-electron chi connectivity index (χ1n) is 10.9. The second-order valence-electron chi connectivity index (χ2n) is 7.34. The summed E-state index contributed by atoms with van der Waals surface area (Å²) in [6, 6.07) is 17.5. The van der Waals surface area contributed by atoms with E-state index in [2.05, 4.69) is 10.5 Å². The van der Waals surface area contributed by atoms with Crippen LogP contribution in [0.4, 0.5) is 5.69 Å². The number of amides is 1. The van der Waals surface area contributed by atoms with Gasteiger partial charge in [0, 0.05) is 4.90 Å². The van der Waals surface area contributed by atoms with E-state index in [0.717, 1.165) is 9.20 Å². The van der Waals surface area contributed by atoms with E-state index in [-0.39, 0.29) is 16.4 Å². The number of thioether (sulfide) groups is 1. The van der Waals surface area contributed by atoms with E-state index in [1.54, 1.807) is 48.5 Å². The summed E-state index contributed by atoms with van der Waals surface area (Å²) in [7, 11) is -2.65. The molecule has 3 rings (SSSR count). The molecule has 9 nitrogen and oxygen atoms in total. The third kappa shape index (κ3) is 6.70. The number of nitrogens with one attached hydrogen (secondary N) is 1. The SMILES string of the molecule is CCOc1ccc(N(CC(=O)N/N=C\c2ccc(O)c(OC)c2)S(=O)(=O)c2ccc(SC)cc2)cc1. The molecule has 0 aliphatic rings. The summed E-state index contributed by atoms with van der Waals surface area (Å²) >= 11 is 1.50. The van der Waals surface area contributed by atoms with Crippen molar-refractivity contribution in [2.24, 2.45) is 5.10 Å². The van der Waals surface area contributed by atoms with Gasteiger partial charge in [-0.05, 0) is 85.5 Å². The van der Waals surface area contributed by atoms with E-state index in [9.17, 15) is 18.3 Å². The fourth-order valence-corrected chi connectivity index (χ4v) is 5.01. The van der Waals surface area contributed by atoms with Crippen molar-refractivity contribution in [1.29, 1.82) is 0 Å². The normalized spacial score (nSPS) is 11.3. The van der Waals surface area contributed by atoms with E-state index in [1.165, 1.54) is 43.3 Å². The Morgan fingerprint density at radius 1 is 1.11 bits per heavy atom. The van der Waals surface area contributed by atoms with Gasteiger partial charge in [0.25, 0.3) is 15.9 Å². The summed E-state index contributed by atoms with van der Waals surface area (Å²) in [4.78, 5) is 13.7. The lowest BCUT2D eigenvalue weighted by molar-refractivity contribution is -0.119. The first-order valence-corrected chi connectivity index (χ1v) is 13.5. The lowest BCUT2D eigenvalue weighted by Gasteiger charge is -2.24. The van der Waals surface area contributed by atoms with Crippen LogP contribution in [0.15, 0.2) is 81.6 Å². The Bertz CT molecular complexity index is 1310. The monoisotopic (exact) mass is 529 g/mol. The molecule has 0 aliphatic carbocycles. The Kier molecular flexibility index (Phi) is 9.20. The van der Waals surface area contributed by atoms with Crippen LogP contribution < -0.4 is 19.2 Å². The van der Waals surface area contributed by atoms with Gasteiger partial charge in [0.1, 0.15) is 12.3 Å². The molecule has 0 fully saturated rings. The Hall–Kier alpha value is -3.70. The molecule has 0 bridgehead atoms. The van der Waals surface area contributed by atoms with Crippen molar-refractivity contribution >= 4 is 39.6 Å². The molecule has 0 radical (unpaired) electrons. The van der Waals surface area contributed by atoms with Crippen LogP contribution in [0.3, 0.4) is 0 Å². The number of phenols is 1. The number of aromatic hydroxyl groups is 1. The van der Waals surface area contributed by atoms with Crippen molar-refractivity contribution in [1.82, 2.24) is 5.43 Å². The maximum absolute atomic E-state index is 13.5. The van der Waals surface area contributed by atoms with Gasteiger partial charge < -0.3 is 14.6 Å². The second kappa shape index (κ2) is 12.3. The molecule has 11 heteroatoms. The largest absolute Gasteiger partial charge is 0.504 e. The zero-order valence-electron chi connectivity index (χ0n) is 20.0. The minimum absolute atomic E-state index is 0.0274. The number of carbonyl (C=O) groups is 1. The van der Waals surface area contributed by atoms with Crippen LogP contribution in [-0.4, -0.2) is 52.2 Å². The van der Waals surface area contributed by atoms with Gasteiger partial charge >= 0.3 is 0 Å². The molecule has 0 aromatic heterocycles. The van der Waals surface area contributed by atoms with Crippen LogP contribution >= 0.6 is 11.8 Å². The highest BCUT2D eigenvalue weighted by atomic mass is 32.2. The van der Waals surface area contributed by atoms with Crippen LogP contribution in [0.25, 0.3) is 0 Å². The topological polar surface area (TPSA) is 118 Å². The van der Waals surface area contributed by atoms with Crippen LogP contribution in [0.5, 0.6) is 17.2 Å². The molecule has 36 heavy (non-hydrogen) atoms. The fraction of sp³-hybridized carbons (Fsp3) is 0.200. The number of hydrogen-bond donors (Lipinski definition) is 2. The molecular weight excluding hydrogens is 502 g/mol. The van der Waals surface area contributed by atoms with Crippen LogP contribution in [0.1, 0.15) is 12.5 Å². The Labute approximate surface area is 214 Å². The summed E-state index contributed by atoms with van der Waals surface area (Å²) in [6.45, 7) is 1.81. The minimum atomic E-state index is -4.06. The first kappa shape index (κ1) is 26.9. The third-order valence-corrected chi connectivity index (χ3v) is 7.51. The quantitative estimate of drug-likeness (QED) is 0.220. The van der Waals surface area contributed by atoms with Gasteiger partial charge in [-0.15, -0.1) is 11.8 Å². The van der Waals surface area contributed by atoms with Gasteiger partial charge in [0.15, 0.2) is 11.5 Å². The highest BCUT2D eigenvalue weighted by Gasteiger charge is 2.27. The average molecular weight is 530 g/mol. The number of phenolic OH excluding ortho intramolecular Hbond substituents is 1. The molecule has 3 aromatic rings. The molecule has 190 valence electrons. The number of ether oxygens (including phenoxy) is 2. The minimum Gasteiger partial charge on any atom is -0.504 e. The van der Waals surface area contributed by atoms with E-state index < -0.39 is 22.5 Å². The number of benzene rings is 3. The molecule has 0 saturated carbocycles. The fourth-order valence-electron chi connectivity index (χ4n) is 3.18. The number of methoxy groups -OCH3 is 1. The van der Waals surface area contributed by atoms with Gasteiger partial charge in [-0.3, -0.25) is 9.10 Å². The van der Waals surface area contributed by atoms with Gasteiger partial charge in [-0.25, -0.2) is 13.8 Å². The van der Waals surface area contributed by atoms with Gasteiger partial charge in [-0.1, -0.05) is 0 Å². The van der Waals surface area contributed by atoms with E-state index >= 15 is 0 Å². The van der Waals surface area contributed by atoms with E-state index in [0.29, 0.717) is 23.6 Å². The highest BCUT2D eigenvalue weighted by molar-refractivity contribution is 7.98. The van der Waals surface area contributed by atoms with Gasteiger partial charge in [-0.2, -0.15) is 5.10 Å². The summed E-state index contributed by atoms with van der Waals surface area (Å²) < 4.78 is 38.5. The number of nitrogens with zero attached hydrogens (tertiary/aromatic N) is 2. The van der Waals surface area contributed by atoms with E-state index in [1.807, 2.05) is 13.2 Å². The summed E-state index contributed by atoms with van der Waals surface area (Å²) in [6.07, 6.45) is 3.26. The van der Waals surface area contributed by atoms with Crippen molar-refractivity contribution in [2.75, 3.05) is 30.8 Å². The Balaban J connectivity index is 1.84. The first-order chi connectivity index (χ1) is 17.3. The average Bonchev–Trinajstić information content (AvgIpc) is 2.89. The van der Waals surface area contributed by atoms with Crippen LogP contribution in [0, 0.1) is 0 Å². The molecular formula is C25H27N3O6S2. The zero-order chi connectivity index (χ0) is 26.1. The predicted molar refractivity (Wildman–Crippen MR) is 141 cm³/mol. The molecule has 0 aliphatic heterocycles. The standard InChI is InChI=1S/C25H27N3O6S2/c1-4-34-20-8-6-19(7-9-20)28(36(31,32)22-12-10-21(35-3)11-13-22)17-25(30)27-26-16-18-5-14-23(29)24(15-18)33-2/h5-16,29H,4,17H2,1-3H3,(H,27,30)/b26-16-. The molecule has 2 N–H and O–H groups in total. The summed E-state index contributed by atoms with van der Waals surface area (Å²) in [5.41, 5.74) is 3.22. The Morgan fingerprint density at radius 3 is 2.42 bits per heavy atom. The number of carbonyl (C=O) groups excluding carboxylic acids is 1. The van der Waals surface area contributed by atoms with Crippen molar-refractivity contribution in [3.05, 3.63) is 72.3 Å². The zero-order valence-corrected chi connectivity index (χ0v) is 21.7. The highest BCUT2D eigenvalue weighted by Crippen LogP contribution is 2.27. The maximum Gasteiger partial charge on any atom is 0.264 e. The molecule has 0 heterocycles. The molecule has 0 unspecified atom stereocenters. The van der Waals surface area contributed by atoms with Crippen molar-refractivity contribution in [3.8, 4) is 17.2 Å². The summed E-state index contributed by atoms with van der Waals surface area (Å²) in [5, 5.41) is 13.6. The third-order valence-electron chi connectivity index (χ3n) is 4.98. The second-order valence-corrected chi connectivity index (χ2v) is 10.1. The Morgan fingerprint density at radius 2 is 1.81 bits per heavy atom. The van der Waals surface area contributed by atoms with Crippen molar-refractivity contribution in [3.63, 3.8) is 0 Å².